The first-order chi connectivity index (χ1) is 8.96. The number of hydrogen-bond donors (Lipinski definition) is 2. The summed E-state index contributed by atoms with van der Waals surface area (Å²) in [6.07, 6.45) is 3.15. The second kappa shape index (κ2) is 5.90. The van der Waals surface area contributed by atoms with Crippen molar-refractivity contribution in [1.82, 2.24) is 19.2 Å². The van der Waals surface area contributed by atoms with E-state index in [9.17, 15) is 13.2 Å². The molecule has 1 aromatic heterocycles. The van der Waals surface area contributed by atoms with Gasteiger partial charge in [0.05, 0.1) is 6.20 Å². The molecule has 0 saturated carbocycles. The predicted molar refractivity (Wildman–Crippen MR) is 69.6 cm³/mol. The minimum absolute atomic E-state index is 0.0805. The molecule has 19 heavy (non-hydrogen) atoms. The molecule has 1 atom stereocenters. The molecule has 1 fully saturated rings. The van der Waals surface area contributed by atoms with Crippen molar-refractivity contribution in [2.75, 3.05) is 19.6 Å². The summed E-state index contributed by atoms with van der Waals surface area (Å²) < 4.78 is 27.6. The second-order valence-electron chi connectivity index (χ2n) is 4.43. The lowest BCUT2D eigenvalue weighted by Crippen LogP contribution is -2.44. The van der Waals surface area contributed by atoms with Gasteiger partial charge in [-0.1, -0.05) is 4.49 Å². The van der Waals surface area contributed by atoms with Crippen LogP contribution in [-0.4, -0.2) is 48.4 Å². The molecule has 1 saturated heterocycles. The van der Waals surface area contributed by atoms with E-state index in [4.69, 9.17) is 5.14 Å². The molecule has 0 spiro atoms. The van der Waals surface area contributed by atoms with Gasteiger partial charge in [-0.2, -0.15) is 8.42 Å². The highest BCUT2D eigenvalue weighted by Gasteiger charge is 2.26. The van der Waals surface area contributed by atoms with Crippen LogP contribution in [0.15, 0.2) is 6.20 Å². The average Bonchev–Trinajstić information content (AvgIpc) is 2.89. The predicted octanol–water partition coefficient (Wildman–Crippen LogP) is -0.817. The number of piperidine rings is 1. The van der Waals surface area contributed by atoms with E-state index in [1.54, 1.807) is 4.90 Å². The molecule has 0 bridgehead atoms. The molecule has 106 valence electrons. The van der Waals surface area contributed by atoms with Gasteiger partial charge in [-0.05, 0) is 30.3 Å². The minimum atomic E-state index is -3.68. The maximum absolute atomic E-state index is 12.1. The Morgan fingerprint density at radius 3 is 3.05 bits per heavy atom. The molecule has 0 aromatic carbocycles. The maximum atomic E-state index is 12.1. The molecule has 10 heteroatoms. The van der Waals surface area contributed by atoms with Gasteiger partial charge in [-0.15, -0.1) is 5.10 Å². The molecule has 1 aromatic rings. The van der Waals surface area contributed by atoms with Gasteiger partial charge in [0.15, 0.2) is 0 Å². The van der Waals surface area contributed by atoms with Crippen molar-refractivity contribution < 1.29 is 13.2 Å². The first kappa shape index (κ1) is 14.3. The van der Waals surface area contributed by atoms with Crippen LogP contribution in [0.2, 0.25) is 0 Å². The third-order valence-corrected chi connectivity index (χ3v) is 4.17. The van der Waals surface area contributed by atoms with Crippen molar-refractivity contribution in [2.45, 2.75) is 12.8 Å². The van der Waals surface area contributed by atoms with E-state index >= 15 is 0 Å². The van der Waals surface area contributed by atoms with Crippen molar-refractivity contribution in [3.8, 4) is 0 Å². The van der Waals surface area contributed by atoms with Gasteiger partial charge in [-0.3, -0.25) is 4.79 Å². The molecule has 2 rings (SSSR count). The number of nitrogens with two attached hydrogens (primary N) is 1. The number of nitrogens with one attached hydrogen (secondary N) is 1. The van der Waals surface area contributed by atoms with Crippen LogP contribution in [0.4, 0.5) is 0 Å². The number of hydrogen-bond acceptors (Lipinski definition) is 6. The molecular formula is C9H15N5O3S2. The lowest BCUT2D eigenvalue weighted by Gasteiger charge is -2.32. The fourth-order valence-electron chi connectivity index (χ4n) is 2.07. The fraction of sp³-hybridized carbons (Fsp3) is 0.667. The average molecular weight is 305 g/mol. The van der Waals surface area contributed by atoms with E-state index in [2.05, 4.69) is 14.3 Å². The first-order valence-corrected chi connectivity index (χ1v) is 8.11. The van der Waals surface area contributed by atoms with Crippen molar-refractivity contribution in [3.63, 3.8) is 0 Å². The molecule has 8 nitrogen and oxygen atoms in total. The minimum Gasteiger partial charge on any atom is -0.338 e. The number of aromatic nitrogens is 2. The summed E-state index contributed by atoms with van der Waals surface area (Å²) in [7, 11) is -3.68. The van der Waals surface area contributed by atoms with Gasteiger partial charge < -0.3 is 4.90 Å². The molecule has 1 amide bonds. The van der Waals surface area contributed by atoms with Crippen LogP contribution in [0.3, 0.4) is 0 Å². The third-order valence-electron chi connectivity index (χ3n) is 2.95. The van der Waals surface area contributed by atoms with Crippen LogP contribution in [0, 0.1) is 5.92 Å². The van der Waals surface area contributed by atoms with E-state index in [0.717, 1.165) is 24.4 Å². The zero-order valence-corrected chi connectivity index (χ0v) is 11.8. The Kier molecular flexibility index (Phi) is 4.45. The van der Waals surface area contributed by atoms with Gasteiger partial charge in [0.2, 0.25) is 0 Å². The van der Waals surface area contributed by atoms with Crippen molar-refractivity contribution in [1.29, 1.82) is 0 Å². The van der Waals surface area contributed by atoms with Crippen molar-refractivity contribution in [2.24, 2.45) is 11.1 Å². The Labute approximate surface area is 115 Å². The summed E-state index contributed by atoms with van der Waals surface area (Å²) in [5.74, 6) is -0.0211. The van der Waals surface area contributed by atoms with Gasteiger partial charge in [0.25, 0.3) is 16.1 Å². The molecular weight excluding hydrogens is 290 g/mol. The zero-order chi connectivity index (χ0) is 13.9. The second-order valence-corrected chi connectivity index (χ2v) is 6.60. The number of nitrogens with zero attached hydrogens (tertiary/aromatic N) is 3. The number of likely N-dealkylation sites (tertiary alicyclic amines) is 1. The molecule has 1 aliphatic heterocycles. The maximum Gasteiger partial charge on any atom is 0.274 e. The summed E-state index contributed by atoms with van der Waals surface area (Å²) in [6.45, 7) is 1.44. The van der Waals surface area contributed by atoms with E-state index in [1.807, 2.05) is 0 Å². The summed E-state index contributed by atoms with van der Waals surface area (Å²) in [4.78, 5) is 14.3. The number of carbonyl (C=O) groups is 1. The highest BCUT2D eigenvalue weighted by atomic mass is 32.2. The van der Waals surface area contributed by atoms with Crippen LogP contribution >= 0.6 is 11.5 Å². The molecule has 2 heterocycles. The zero-order valence-electron chi connectivity index (χ0n) is 10.2. The van der Waals surface area contributed by atoms with Crippen LogP contribution < -0.4 is 9.86 Å². The molecule has 3 N–H and O–H groups in total. The third kappa shape index (κ3) is 4.20. The normalized spacial score (nSPS) is 20.5. The van der Waals surface area contributed by atoms with Crippen LogP contribution in [-0.2, 0) is 10.2 Å². The highest BCUT2D eigenvalue weighted by molar-refractivity contribution is 7.87. The SMILES string of the molecule is NS(=O)(=O)NCC1CCCN(C(=O)c2cnns2)C1. The Balaban J connectivity index is 1.92. The Morgan fingerprint density at radius 1 is 1.63 bits per heavy atom. The summed E-state index contributed by atoms with van der Waals surface area (Å²) in [6, 6.07) is 0. The Morgan fingerprint density at radius 2 is 2.42 bits per heavy atom. The smallest absolute Gasteiger partial charge is 0.274 e. The summed E-state index contributed by atoms with van der Waals surface area (Å²) in [5, 5.41) is 8.53. The Hall–Kier alpha value is -1.10. The standard InChI is InChI=1S/C9H15N5O3S2/c10-19(16,17)12-4-7-2-1-3-14(6-7)9(15)8-5-11-13-18-8/h5,7,12H,1-4,6H2,(H2,10,16,17). The highest BCUT2D eigenvalue weighted by Crippen LogP contribution is 2.18. The fourth-order valence-corrected chi connectivity index (χ4v) is 3.02. The quantitative estimate of drug-likeness (QED) is 0.753. The van der Waals surface area contributed by atoms with Crippen molar-refractivity contribution >= 4 is 27.6 Å². The van der Waals surface area contributed by atoms with Gasteiger partial charge in [-0.25, -0.2) is 9.86 Å². The van der Waals surface area contributed by atoms with Gasteiger partial charge in [0.1, 0.15) is 4.88 Å². The molecule has 0 radical (unpaired) electrons. The van der Waals surface area contributed by atoms with Crippen LogP contribution in [0.5, 0.6) is 0 Å². The summed E-state index contributed by atoms with van der Waals surface area (Å²) in [5.41, 5.74) is 0. The lowest BCUT2D eigenvalue weighted by molar-refractivity contribution is 0.0681. The van der Waals surface area contributed by atoms with Crippen molar-refractivity contribution in [3.05, 3.63) is 11.1 Å². The van der Waals surface area contributed by atoms with E-state index in [-0.39, 0.29) is 18.4 Å². The van der Waals surface area contributed by atoms with E-state index in [0.29, 0.717) is 18.0 Å². The monoisotopic (exact) mass is 305 g/mol. The van der Waals surface area contributed by atoms with Gasteiger partial charge in [0, 0.05) is 19.6 Å². The van der Waals surface area contributed by atoms with Crippen LogP contribution in [0.1, 0.15) is 22.5 Å². The van der Waals surface area contributed by atoms with E-state index in [1.165, 1.54) is 6.20 Å². The molecule has 1 unspecified atom stereocenters. The largest absolute Gasteiger partial charge is 0.338 e. The topological polar surface area (TPSA) is 118 Å². The first-order valence-electron chi connectivity index (χ1n) is 5.80. The molecule has 0 aliphatic carbocycles. The Bertz CT molecular complexity index is 530. The summed E-state index contributed by atoms with van der Waals surface area (Å²) >= 11 is 1.06. The number of carbonyl (C=O) groups excluding carboxylic acids is 1. The number of rotatable bonds is 4. The van der Waals surface area contributed by atoms with Gasteiger partial charge >= 0.3 is 0 Å². The number of amides is 1. The molecule has 1 aliphatic rings. The van der Waals surface area contributed by atoms with Crippen LogP contribution in [0.25, 0.3) is 0 Å². The lowest BCUT2D eigenvalue weighted by atomic mass is 9.98. The van der Waals surface area contributed by atoms with E-state index < -0.39 is 10.2 Å².